The first kappa shape index (κ1) is 15.7. The van der Waals surface area contributed by atoms with Gasteiger partial charge in [-0.25, -0.2) is 4.79 Å². The lowest BCUT2D eigenvalue weighted by molar-refractivity contribution is -0.135. The van der Waals surface area contributed by atoms with Crippen LogP contribution in [0, 0.1) is 0 Å². The van der Waals surface area contributed by atoms with Crippen LogP contribution >= 0.6 is 0 Å². The highest BCUT2D eigenvalue weighted by Gasteiger charge is 2.27. The van der Waals surface area contributed by atoms with Gasteiger partial charge in [0.2, 0.25) is 5.91 Å². The van der Waals surface area contributed by atoms with Crippen molar-refractivity contribution in [3.05, 3.63) is 41.5 Å². The normalized spacial score (nSPS) is 11.4. The molecule has 0 radical (unpaired) electrons. The summed E-state index contributed by atoms with van der Waals surface area (Å²) in [5, 5.41) is 1.71. The van der Waals surface area contributed by atoms with E-state index >= 15 is 0 Å². The number of alkyl halides is 3. The first-order chi connectivity index (χ1) is 9.31. The van der Waals surface area contributed by atoms with E-state index in [-0.39, 0.29) is 0 Å². The van der Waals surface area contributed by atoms with Crippen LogP contribution < -0.4 is 5.32 Å². The molecule has 4 nitrogen and oxygen atoms in total. The van der Waals surface area contributed by atoms with E-state index in [1.165, 1.54) is 25.3 Å². The molecule has 0 fully saturated rings. The van der Waals surface area contributed by atoms with Crippen LogP contribution in [0.2, 0.25) is 0 Å². The van der Waals surface area contributed by atoms with Gasteiger partial charge in [0.1, 0.15) is 6.54 Å². The van der Waals surface area contributed by atoms with Gasteiger partial charge >= 0.3 is 12.1 Å². The van der Waals surface area contributed by atoms with Gasteiger partial charge in [0.05, 0.1) is 12.7 Å². The number of nitrogens with one attached hydrogen (secondary N) is 1. The number of esters is 1. The zero-order chi connectivity index (χ0) is 15.2. The molecule has 0 spiro atoms. The molecule has 0 aliphatic carbocycles. The third-order valence-electron chi connectivity index (χ3n) is 2.22. The lowest BCUT2D eigenvalue weighted by Gasteiger charge is -2.05. The van der Waals surface area contributed by atoms with E-state index in [9.17, 15) is 22.8 Å². The van der Waals surface area contributed by atoms with Gasteiger partial charge in [0.25, 0.3) is 0 Å². The Kier molecular flexibility index (Phi) is 5.31. The molecule has 1 aromatic rings. The minimum absolute atomic E-state index is 0.339. The van der Waals surface area contributed by atoms with Crippen molar-refractivity contribution in [1.29, 1.82) is 0 Å². The molecule has 1 rings (SSSR count). The Morgan fingerprint density at radius 2 is 1.85 bits per heavy atom. The zero-order valence-corrected chi connectivity index (χ0v) is 10.5. The van der Waals surface area contributed by atoms with E-state index in [1.54, 1.807) is 17.4 Å². The second kappa shape index (κ2) is 6.74. The Labute approximate surface area is 113 Å². The van der Waals surface area contributed by atoms with Crippen molar-refractivity contribution in [2.75, 3.05) is 13.7 Å². The van der Waals surface area contributed by atoms with E-state index in [2.05, 4.69) is 4.74 Å². The van der Waals surface area contributed by atoms with E-state index in [4.69, 9.17) is 0 Å². The molecule has 108 valence electrons. The fourth-order valence-electron chi connectivity index (χ4n) is 1.27. The molecule has 0 unspecified atom stereocenters. The van der Waals surface area contributed by atoms with Crippen molar-refractivity contribution < 1.29 is 27.5 Å². The summed E-state index contributed by atoms with van der Waals surface area (Å²) in [4.78, 5) is 22.3. The monoisotopic (exact) mass is 287 g/mol. The Morgan fingerprint density at radius 1 is 1.25 bits per heavy atom. The third-order valence-corrected chi connectivity index (χ3v) is 2.22. The summed E-state index contributed by atoms with van der Waals surface area (Å²) in [6.07, 6.45) is -2.11. The smallest absolute Gasteiger partial charge is 0.405 e. The van der Waals surface area contributed by atoms with Crippen molar-refractivity contribution >= 4 is 18.0 Å². The first-order valence-electron chi connectivity index (χ1n) is 5.53. The predicted molar refractivity (Wildman–Crippen MR) is 65.9 cm³/mol. The average Bonchev–Trinajstić information content (AvgIpc) is 2.41. The third kappa shape index (κ3) is 5.55. The molecule has 0 aliphatic heterocycles. The predicted octanol–water partition coefficient (Wildman–Crippen LogP) is 2.16. The summed E-state index contributed by atoms with van der Waals surface area (Å²) in [5.41, 5.74) is 0.908. The summed E-state index contributed by atoms with van der Waals surface area (Å²) in [6, 6.07) is 6.05. The van der Waals surface area contributed by atoms with Crippen molar-refractivity contribution in [2.24, 2.45) is 0 Å². The SMILES string of the molecule is COC(=O)c1ccc(/C=C/C(=O)NCC(F)(F)F)cc1. The molecule has 0 saturated heterocycles. The number of carbonyl (C=O) groups is 2. The van der Waals surface area contributed by atoms with Gasteiger partial charge in [-0.3, -0.25) is 4.79 Å². The molecule has 0 atom stereocenters. The zero-order valence-electron chi connectivity index (χ0n) is 10.5. The van der Waals surface area contributed by atoms with E-state index in [0.29, 0.717) is 11.1 Å². The van der Waals surface area contributed by atoms with Crippen LogP contribution in [0.15, 0.2) is 30.3 Å². The molecule has 0 bridgehead atoms. The maximum absolute atomic E-state index is 11.9. The number of halogens is 3. The van der Waals surface area contributed by atoms with Crippen LogP contribution in [0.25, 0.3) is 6.08 Å². The molecular weight excluding hydrogens is 275 g/mol. The number of rotatable bonds is 4. The van der Waals surface area contributed by atoms with Gasteiger partial charge in [0.15, 0.2) is 0 Å². The summed E-state index contributed by atoms with van der Waals surface area (Å²) in [5.74, 6) is -1.34. The van der Waals surface area contributed by atoms with Crippen molar-refractivity contribution in [3.63, 3.8) is 0 Å². The van der Waals surface area contributed by atoms with Crippen LogP contribution in [0.5, 0.6) is 0 Å². The first-order valence-corrected chi connectivity index (χ1v) is 5.53. The molecule has 1 N–H and O–H groups in total. The summed E-state index contributed by atoms with van der Waals surface area (Å²) < 4.78 is 40.1. The molecule has 20 heavy (non-hydrogen) atoms. The standard InChI is InChI=1S/C13H12F3NO3/c1-20-12(19)10-5-2-9(3-6-10)4-7-11(18)17-8-13(14,15)16/h2-7H,8H2,1H3,(H,17,18)/b7-4+. The maximum atomic E-state index is 11.9. The van der Waals surface area contributed by atoms with Gasteiger partial charge in [0, 0.05) is 6.08 Å². The molecule has 0 aliphatic rings. The average molecular weight is 287 g/mol. The summed E-state index contributed by atoms with van der Waals surface area (Å²) in [6.45, 7) is -1.38. The highest BCUT2D eigenvalue weighted by Crippen LogP contribution is 2.12. The topological polar surface area (TPSA) is 55.4 Å². The Morgan fingerprint density at radius 3 is 2.35 bits per heavy atom. The van der Waals surface area contributed by atoms with Crippen molar-refractivity contribution in [1.82, 2.24) is 5.32 Å². The van der Waals surface area contributed by atoms with Gasteiger partial charge in [-0.05, 0) is 23.8 Å². The number of carbonyl (C=O) groups excluding carboxylic acids is 2. The molecule has 7 heteroatoms. The van der Waals surface area contributed by atoms with E-state index in [1.807, 2.05) is 0 Å². The van der Waals surface area contributed by atoms with Crippen molar-refractivity contribution in [3.8, 4) is 0 Å². The number of benzene rings is 1. The minimum atomic E-state index is -4.44. The second-order valence-electron chi connectivity index (χ2n) is 3.78. The summed E-state index contributed by atoms with van der Waals surface area (Å²) in [7, 11) is 1.25. The van der Waals surface area contributed by atoms with Crippen LogP contribution in [0.1, 0.15) is 15.9 Å². The molecule has 0 saturated carbocycles. The van der Waals surface area contributed by atoms with Gasteiger partial charge < -0.3 is 10.1 Å². The minimum Gasteiger partial charge on any atom is -0.465 e. The highest BCUT2D eigenvalue weighted by molar-refractivity contribution is 5.92. The quantitative estimate of drug-likeness (QED) is 0.682. The molecule has 0 aromatic heterocycles. The van der Waals surface area contributed by atoms with Gasteiger partial charge in [-0.1, -0.05) is 12.1 Å². The molecule has 1 aromatic carbocycles. The van der Waals surface area contributed by atoms with Gasteiger partial charge in [-0.2, -0.15) is 13.2 Å². The van der Waals surface area contributed by atoms with Crippen LogP contribution in [-0.4, -0.2) is 31.7 Å². The fraction of sp³-hybridized carbons (Fsp3) is 0.231. The Bertz CT molecular complexity index is 507. The van der Waals surface area contributed by atoms with Gasteiger partial charge in [-0.15, -0.1) is 0 Å². The van der Waals surface area contributed by atoms with Crippen LogP contribution in [0.3, 0.4) is 0 Å². The largest absolute Gasteiger partial charge is 0.465 e. The number of ether oxygens (including phenoxy) is 1. The molecular formula is C13H12F3NO3. The number of hydrogen-bond donors (Lipinski definition) is 1. The lowest BCUT2D eigenvalue weighted by Crippen LogP contribution is -2.32. The van der Waals surface area contributed by atoms with Crippen LogP contribution in [0.4, 0.5) is 13.2 Å². The van der Waals surface area contributed by atoms with E-state index < -0.39 is 24.6 Å². The highest BCUT2D eigenvalue weighted by atomic mass is 19.4. The molecule has 1 amide bonds. The fourth-order valence-corrected chi connectivity index (χ4v) is 1.27. The lowest BCUT2D eigenvalue weighted by atomic mass is 10.1. The van der Waals surface area contributed by atoms with Crippen molar-refractivity contribution in [2.45, 2.75) is 6.18 Å². The van der Waals surface area contributed by atoms with E-state index in [0.717, 1.165) is 6.08 Å². The summed E-state index contributed by atoms with van der Waals surface area (Å²) >= 11 is 0. The Balaban J connectivity index is 2.58. The number of amides is 1. The number of methoxy groups -OCH3 is 1. The van der Waals surface area contributed by atoms with Crippen LogP contribution in [-0.2, 0) is 9.53 Å². The second-order valence-corrected chi connectivity index (χ2v) is 3.78. The number of hydrogen-bond acceptors (Lipinski definition) is 3. The molecule has 0 heterocycles. The maximum Gasteiger partial charge on any atom is 0.405 e. The Hall–Kier alpha value is -2.31.